The van der Waals surface area contributed by atoms with Gasteiger partial charge in [0.05, 0.1) is 6.54 Å². The highest BCUT2D eigenvalue weighted by Gasteiger charge is 2.00. The molecular formula is C8H7Cl2NO2. The quantitative estimate of drug-likeness (QED) is 0.480. The molecule has 0 unspecified atom stereocenters. The average Bonchev–Trinajstić information content (AvgIpc) is 2.09. The van der Waals surface area contributed by atoms with E-state index >= 15 is 0 Å². The van der Waals surface area contributed by atoms with Crippen LogP contribution in [0.1, 0.15) is 5.56 Å². The molecule has 0 fully saturated rings. The van der Waals surface area contributed by atoms with Crippen LogP contribution in [-0.4, -0.2) is 6.47 Å². The highest BCUT2D eigenvalue weighted by molar-refractivity contribution is 6.35. The molecule has 0 spiro atoms. The Morgan fingerprint density at radius 1 is 1.46 bits per heavy atom. The minimum absolute atomic E-state index is 0.309. The van der Waals surface area contributed by atoms with Crippen molar-refractivity contribution in [2.75, 3.05) is 0 Å². The Hall–Kier alpha value is -0.770. The summed E-state index contributed by atoms with van der Waals surface area (Å²) in [6.07, 6.45) is 0. The number of carbonyl (C=O) groups is 1. The van der Waals surface area contributed by atoms with Crippen molar-refractivity contribution in [3.8, 4) is 0 Å². The minimum Gasteiger partial charge on any atom is -0.373 e. The second-order valence-electron chi connectivity index (χ2n) is 2.27. The lowest BCUT2D eigenvalue weighted by Crippen LogP contribution is -2.12. The van der Waals surface area contributed by atoms with Gasteiger partial charge in [-0.25, -0.2) is 0 Å². The molecule has 13 heavy (non-hydrogen) atoms. The molecule has 0 amide bonds. The molecule has 1 rings (SSSR count). The molecular weight excluding hydrogens is 213 g/mol. The third kappa shape index (κ3) is 3.22. The van der Waals surface area contributed by atoms with Crippen LogP contribution in [0.3, 0.4) is 0 Å². The SMILES string of the molecule is O=CONCc1ccc(Cl)cc1Cl. The van der Waals surface area contributed by atoms with Gasteiger partial charge in [-0.15, -0.1) is 5.48 Å². The highest BCUT2D eigenvalue weighted by Crippen LogP contribution is 2.20. The van der Waals surface area contributed by atoms with Crippen LogP contribution >= 0.6 is 23.2 Å². The molecule has 0 bridgehead atoms. The molecule has 0 atom stereocenters. The maximum Gasteiger partial charge on any atom is 0.312 e. The highest BCUT2D eigenvalue weighted by atomic mass is 35.5. The molecule has 0 radical (unpaired) electrons. The van der Waals surface area contributed by atoms with Crippen LogP contribution in [0.2, 0.25) is 10.0 Å². The Morgan fingerprint density at radius 2 is 2.23 bits per heavy atom. The van der Waals surface area contributed by atoms with Crippen molar-refractivity contribution in [3.05, 3.63) is 33.8 Å². The summed E-state index contributed by atoms with van der Waals surface area (Å²) in [4.78, 5) is 14.1. The Kier molecular flexibility index (Phi) is 4.02. The lowest BCUT2D eigenvalue weighted by molar-refractivity contribution is -0.135. The molecule has 1 N–H and O–H groups in total. The number of nitrogens with one attached hydrogen (secondary N) is 1. The molecule has 0 heterocycles. The predicted octanol–water partition coefficient (Wildman–Crippen LogP) is 2.17. The molecule has 0 aliphatic carbocycles. The van der Waals surface area contributed by atoms with E-state index in [1.54, 1.807) is 18.2 Å². The summed E-state index contributed by atoms with van der Waals surface area (Å²) >= 11 is 11.5. The van der Waals surface area contributed by atoms with Crippen LogP contribution in [-0.2, 0) is 16.2 Å². The van der Waals surface area contributed by atoms with Gasteiger partial charge in [-0.2, -0.15) is 0 Å². The fourth-order valence-electron chi connectivity index (χ4n) is 0.818. The van der Waals surface area contributed by atoms with Crippen LogP contribution in [0, 0.1) is 0 Å². The minimum atomic E-state index is 0.309. The van der Waals surface area contributed by atoms with Gasteiger partial charge in [0.25, 0.3) is 0 Å². The third-order valence-electron chi connectivity index (χ3n) is 1.41. The van der Waals surface area contributed by atoms with Crippen LogP contribution in [0.5, 0.6) is 0 Å². The first kappa shape index (κ1) is 10.3. The molecule has 1 aromatic carbocycles. The lowest BCUT2D eigenvalue weighted by atomic mass is 10.2. The maximum absolute atomic E-state index is 9.80. The van der Waals surface area contributed by atoms with Crippen molar-refractivity contribution >= 4 is 29.7 Å². The first-order chi connectivity index (χ1) is 6.24. The van der Waals surface area contributed by atoms with E-state index in [2.05, 4.69) is 10.3 Å². The van der Waals surface area contributed by atoms with E-state index in [1.807, 2.05) is 0 Å². The van der Waals surface area contributed by atoms with Gasteiger partial charge in [0.15, 0.2) is 0 Å². The number of halogens is 2. The summed E-state index contributed by atoms with van der Waals surface area (Å²) in [7, 11) is 0. The summed E-state index contributed by atoms with van der Waals surface area (Å²) in [6, 6.07) is 5.10. The second-order valence-corrected chi connectivity index (χ2v) is 3.11. The van der Waals surface area contributed by atoms with E-state index < -0.39 is 0 Å². The van der Waals surface area contributed by atoms with Crippen LogP contribution in [0.15, 0.2) is 18.2 Å². The Morgan fingerprint density at radius 3 is 2.85 bits per heavy atom. The summed E-state index contributed by atoms with van der Waals surface area (Å²) in [5, 5.41) is 1.11. The van der Waals surface area contributed by atoms with Crippen molar-refractivity contribution in [1.82, 2.24) is 5.48 Å². The van der Waals surface area contributed by atoms with E-state index in [0.29, 0.717) is 23.1 Å². The predicted molar refractivity (Wildman–Crippen MR) is 50.5 cm³/mol. The number of carbonyl (C=O) groups excluding carboxylic acids is 1. The van der Waals surface area contributed by atoms with Gasteiger partial charge in [0.2, 0.25) is 0 Å². The molecule has 0 aliphatic heterocycles. The van der Waals surface area contributed by atoms with Gasteiger partial charge in [0, 0.05) is 10.0 Å². The van der Waals surface area contributed by atoms with Crippen LogP contribution < -0.4 is 5.48 Å². The number of hydrogen-bond donors (Lipinski definition) is 1. The zero-order chi connectivity index (χ0) is 9.68. The van der Waals surface area contributed by atoms with Gasteiger partial charge >= 0.3 is 6.47 Å². The second kappa shape index (κ2) is 5.07. The fourth-order valence-corrected chi connectivity index (χ4v) is 1.29. The van der Waals surface area contributed by atoms with E-state index in [4.69, 9.17) is 23.2 Å². The summed E-state index contributed by atoms with van der Waals surface area (Å²) < 4.78 is 0. The number of hydroxylamine groups is 1. The number of benzene rings is 1. The molecule has 3 nitrogen and oxygen atoms in total. The Bertz CT molecular complexity index is 304. The Balaban J connectivity index is 2.61. The standard InChI is InChI=1S/C8H7Cl2NO2/c9-7-2-1-6(8(10)3-7)4-11-13-5-12/h1-3,5,11H,4H2. The van der Waals surface area contributed by atoms with Crippen molar-refractivity contribution in [1.29, 1.82) is 0 Å². The summed E-state index contributed by atoms with van der Waals surface area (Å²) in [5.41, 5.74) is 3.23. The smallest absolute Gasteiger partial charge is 0.312 e. The van der Waals surface area contributed by atoms with E-state index in [1.165, 1.54) is 0 Å². The first-order valence-electron chi connectivity index (χ1n) is 3.50. The fraction of sp³-hybridized carbons (Fsp3) is 0.125. The number of rotatable bonds is 4. The molecule has 0 aromatic heterocycles. The molecule has 0 saturated carbocycles. The van der Waals surface area contributed by atoms with Crippen LogP contribution in [0.25, 0.3) is 0 Å². The van der Waals surface area contributed by atoms with Gasteiger partial charge in [-0.3, -0.25) is 4.79 Å². The van der Waals surface area contributed by atoms with E-state index in [9.17, 15) is 4.79 Å². The topological polar surface area (TPSA) is 38.3 Å². The van der Waals surface area contributed by atoms with Gasteiger partial charge in [-0.05, 0) is 17.7 Å². The van der Waals surface area contributed by atoms with Crippen molar-refractivity contribution in [2.45, 2.75) is 6.54 Å². The number of hydrogen-bond acceptors (Lipinski definition) is 3. The first-order valence-corrected chi connectivity index (χ1v) is 4.25. The Labute approximate surface area is 85.5 Å². The van der Waals surface area contributed by atoms with E-state index in [0.717, 1.165) is 5.56 Å². The zero-order valence-electron chi connectivity index (χ0n) is 6.59. The molecule has 0 aliphatic rings. The molecule has 5 heteroatoms. The van der Waals surface area contributed by atoms with Gasteiger partial charge in [0.1, 0.15) is 0 Å². The average molecular weight is 220 g/mol. The van der Waals surface area contributed by atoms with Crippen LogP contribution in [0.4, 0.5) is 0 Å². The van der Waals surface area contributed by atoms with Gasteiger partial charge in [-0.1, -0.05) is 29.3 Å². The normalized spacial score (nSPS) is 9.69. The third-order valence-corrected chi connectivity index (χ3v) is 2.00. The molecule has 0 saturated heterocycles. The largest absolute Gasteiger partial charge is 0.373 e. The zero-order valence-corrected chi connectivity index (χ0v) is 8.10. The summed E-state index contributed by atoms with van der Waals surface area (Å²) in [6.45, 7) is 0.665. The summed E-state index contributed by atoms with van der Waals surface area (Å²) in [5.74, 6) is 0. The molecule has 70 valence electrons. The van der Waals surface area contributed by atoms with Crippen molar-refractivity contribution in [3.63, 3.8) is 0 Å². The van der Waals surface area contributed by atoms with Gasteiger partial charge < -0.3 is 4.84 Å². The monoisotopic (exact) mass is 219 g/mol. The maximum atomic E-state index is 9.80. The molecule has 1 aromatic rings. The van der Waals surface area contributed by atoms with Crippen molar-refractivity contribution < 1.29 is 9.63 Å². The lowest BCUT2D eigenvalue weighted by Gasteiger charge is -2.04. The van der Waals surface area contributed by atoms with Crippen molar-refractivity contribution in [2.24, 2.45) is 0 Å². The van der Waals surface area contributed by atoms with E-state index in [-0.39, 0.29) is 0 Å².